The number of carboxylic acids is 1. The molecule has 4 amide bonds. The van der Waals surface area contributed by atoms with E-state index in [4.69, 9.17) is 48.4 Å². The summed E-state index contributed by atoms with van der Waals surface area (Å²) >= 11 is 11.2. The van der Waals surface area contributed by atoms with Crippen molar-refractivity contribution in [3.63, 3.8) is 0 Å². The van der Waals surface area contributed by atoms with Crippen LogP contribution in [0.25, 0.3) is 0 Å². The predicted molar refractivity (Wildman–Crippen MR) is 603 cm³/mol. The number of thioether (sulfide) groups is 1. The van der Waals surface area contributed by atoms with Crippen molar-refractivity contribution in [1.29, 1.82) is 0 Å². The summed E-state index contributed by atoms with van der Waals surface area (Å²) in [4.78, 5) is 96.2. The number of aromatic nitrogens is 1. The van der Waals surface area contributed by atoms with Gasteiger partial charge in [0.15, 0.2) is 17.8 Å². The molecular weight excluding hydrogens is 2500 g/mol. The number of unbranched alkanes of at least 4 members (excludes halogenated alkanes) is 3. The number of aliphatic imine (C=N–C) groups is 1. The summed E-state index contributed by atoms with van der Waals surface area (Å²) < 4.78 is 1.00. The maximum absolute atomic E-state index is 14.9. The molecule has 38 nitrogen and oxygen atoms in total. The number of phenols is 1. The molecule has 1 saturated carbocycles. The van der Waals surface area contributed by atoms with Gasteiger partial charge in [-0.1, -0.05) is 112 Å². The third-order valence-electron chi connectivity index (χ3n) is 16.0. The zero-order valence-electron chi connectivity index (χ0n) is 66.6. The van der Waals surface area contributed by atoms with Gasteiger partial charge in [-0.2, -0.15) is 11.8 Å². The van der Waals surface area contributed by atoms with Gasteiger partial charge >= 0.3 is 5.97 Å². The normalized spacial score (nSPS) is 17.4. The van der Waals surface area contributed by atoms with Gasteiger partial charge in [-0.15, -0.1) is 0 Å². The van der Waals surface area contributed by atoms with Crippen molar-refractivity contribution in [3.8, 4) is 11.5 Å². The fourth-order valence-corrected chi connectivity index (χ4v) is 99.0. The van der Waals surface area contributed by atoms with Crippen LogP contribution in [0.15, 0.2) is 78.1 Å². The first-order chi connectivity index (χ1) is 63.7. The number of aliphatic hydroxyl groups is 3. The average Bonchev–Trinajstić information content (AvgIpc) is 1.64. The number of fused-ring (bicyclic) bond motifs is 4. The fourth-order valence-electron chi connectivity index (χ4n) is 10.8. The van der Waals surface area contributed by atoms with Gasteiger partial charge < -0.3 is 62.8 Å². The monoisotopic (exact) mass is 2570 g/mol. The minimum Gasteiger partial charge on any atom is -0.508 e. The van der Waals surface area contributed by atoms with Crippen LogP contribution in [0.1, 0.15) is 120 Å². The second-order valence-corrected chi connectivity index (χ2v) is 88.8. The molecule has 8 atom stereocenters. The lowest BCUT2D eigenvalue weighted by atomic mass is 9.81. The van der Waals surface area contributed by atoms with Gasteiger partial charge in [0, 0.05) is 259 Å². The molecule has 1 aromatic heterocycles. The minimum absolute atomic E-state index is 0.000594. The van der Waals surface area contributed by atoms with Crippen molar-refractivity contribution < 1.29 is 110 Å². The van der Waals surface area contributed by atoms with Crippen LogP contribution in [-0.2, 0) is 411 Å². The second kappa shape index (κ2) is 78.7. The molecule has 1 aliphatic carbocycles. The molecule has 3 aliphatic rings. The number of aliphatic hydroxyl groups excluding tert-OH is 3. The molecule has 15 N–H and O–H groups in total. The molecule has 742 valence electrons. The number of carbonyl (C=O) groups excluding carboxylic acids is 5. The summed E-state index contributed by atoms with van der Waals surface area (Å²) in [5.41, 5.74) is 0.933. The Morgan fingerprint density at radius 3 is 1.85 bits per heavy atom. The number of nitrogens with one attached hydrogen (secondary N) is 7. The number of nitrogens with zero attached hydrogens (tertiary/aromatic N) is 8. The summed E-state index contributed by atoms with van der Waals surface area (Å²) in [6.07, 6.45) is 7.61. The molecular formula is C53H78N16O22S40. The van der Waals surface area contributed by atoms with Crippen molar-refractivity contribution in [2.24, 2.45) is 59.4 Å². The summed E-state index contributed by atoms with van der Waals surface area (Å²) in [5.74, 6) is -0.854. The van der Waals surface area contributed by atoms with Gasteiger partial charge in [-0.05, 0) is 268 Å². The van der Waals surface area contributed by atoms with Crippen molar-refractivity contribution in [1.82, 2.24) is 41.9 Å². The van der Waals surface area contributed by atoms with Crippen LogP contribution in [-0.4, -0.2) is 166 Å². The second-order valence-electron chi connectivity index (χ2n) is 24.8. The standard InChI is InChI=1S/C53H78N16O22S40/c1-5-6-7-8-17-53(2,3)23-41(72)40-22-42(82-84-86-88-90-91-89-87-85-83-81)44(69(40)68-67-66-65-64-63-54)51(98-102-106-110-114-117-119-115-111-107-103-99-92)56-25-43(73)58-38(26-70)46(75)57-32-24-55-31(19-29-12-14-33(71)15-13-29)20-30-10-9-11-34(30)37-21-35(45(74)60-37)50(62-49(78)48(77)61-39(28-96-95-27-32)47(76)59-36(52(79)80)16-18-94-4)97-101-105-109-113-118-121-123-125-127-129-131-130-128-126-124-122-120-116-112-108-104-100-93/h12-15,22,30-32,34,36,38-39,49,55-56,62,70-71,74,78,81H,5-11,16-21,23-28H2,1-4H3,(H,57,75)(H,58,73)(H,59,76)(H,61,77)(H,79,80)(H2,54,64,66,68). The van der Waals surface area contributed by atoms with Crippen molar-refractivity contribution in [3.05, 3.63) is 58.7 Å². The Bertz CT molecular complexity index is 6220. The number of rotatable bonds is 36. The third kappa shape index (κ3) is 55.2. The number of amides is 4. The number of phenolic OH excluding ortho intramolecular Hbond substituents is 1. The molecule has 5 rings (SSSR count). The van der Waals surface area contributed by atoms with Crippen LogP contribution in [0.4, 0.5) is 0 Å². The van der Waals surface area contributed by atoms with Crippen LogP contribution in [0.3, 0.4) is 0 Å². The van der Waals surface area contributed by atoms with Gasteiger partial charge in [0.25, 0.3) is 5.91 Å². The lowest BCUT2D eigenvalue weighted by Crippen LogP contribution is -2.56. The SMILES string of the molecule is CCCCCCC(C)(C)CC(=O)c1cc(OOOOOOOOOOO)c(C(NCC(=O)NC(CO)C(=O)NC2CNC(Cc3ccc(O)cc3)CC3CCCC3C3=NC(O)=C(C3)C(=S=S=S=S=S=S=S=S=S=S=S=S=S=S=S=S=S=S=S=S=S=S=S=S)NC(O)C(=O)NC(C(=O)NC(CCSC)C(=O)O)CSSC2)=S=S=S=S=S=S=S=S=S=S=S=S=S)n1/N=N/N=N/N=N/N. The van der Waals surface area contributed by atoms with Crippen LogP contribution in [0.5, 0.6) is 11.5 Å². The lowest BCUT2D eigenvalue weighted by Gasteiger charge is -2.29. The highest BCUT2D eigenvalue weighted by molar-refractivity contribution is 8.80. The zero-order valence-corrected chi connectivity index (χ0v) is 99.3. The Labute approximate surface area is 871 Å². The Balaban J connectivity index is 1.62. The highest BCUT2D eigenvalue weighted by Crippen LogP contribution is 2.40. The first-order valence-corrected chi connectivity index (χ1v) is 86.9. The van der Waals surface area contributed by atoms with E-state index in [0.717, 1.165) is 84.8 Å². The maximum atomic E-state index is 14.9. The van der Waals surface area contributed by atoms with Crippen LogP contribution >= 0.6 is 33.3 Å². The van der Waals surface area contributed by atoms with Gasteiger partial charge in [0.05, 0.1) is 24.2 Å². The summed E-state index contributed by atoms with van der Waals surface area (Å²) in [7, 11) is 55.7. The minimum atomic E-state index is -2.02. The van der Waals surface area contributed by atoms with E-state index >= 15 is 0 Å². The Kier molecular flexibility index (Phi) is 73.7. The fraction of sp³-hybridized carbons (Fsp3) is 0.604. The number of hydrogen-bond acceptors (Lipinski definition) is 30. The molecule has 2 aliphatic heterocycles. The summed E-state index contributed by atoms with van der Waals surface area (Å²) in [6.45, 7) is 4.39. The third-order valence-corrected chi connectivity index (χ3v) is 91.8. The Hall–Kier alpha value is 1.26. The first kappa shape index (κ1) is 123. The smallest absolute Gasteiger partial charge is 0.326 e. The van der Waals surface area contributed by atoms with Crippen LogP contribution in [0.2, 0.25) is 0 Å². The molecule has 78 heteroatoms. The Morgan fingerprint density at radius 2 is 1.28 bits per heavy atom. The van der Waals surface area contributed by atoms with E-state index < -0.39 is 84.3 Å². The number of hydrogen-bond donors (Lipinski definition) is 14. The van der Waals surface area contributed by atoms with E-state index in [1.165, 1.54) is 145 Å². The molecule has 2 bridgehead atoms. The molecule has 3 heterocycles. The molecule has 2 aromatic rings. The largest absolute Gasteiger partial charge is 0.508 e. The van der Waals surface area contributed by atoms with E-state index in [2.05, 4.69) is 116 Å². The van der Waals surface area contributed by atoms with Gasteiger partial charge in [-0.25, -0.2) is 25.0 Å². The molecule has 131 heavy (non-hydrogen) atoms. The lowest BCUT2D eigenvalue weighted by molar-refractivity contribution is -0.851. The highest BCUT2D eigenvalue weighted by Gasteiger charge is 2.39. The number of aliphatic carboxylic acids is 1. The molecule has 0 spiro atoms. The van der Waals surface area contributed by atoms with Crippen LogP contribution in [0, 0.1) is 17.3 Å². The molecule has 2 fully saturated rings. The van der Waals surface area contributed by atoms with Gasteiger partial charge in [0.1, 0.15) is 40.3 Å². The number of ketones is 1. The van der Waals surface area contributed by atoms with Crippen molar-refractivity contribution in [2.45, 2.75) is 141 Å². The zero-order chi connectivity index (χ0) is 94.7. The van der Waals surface area contributed by atoms with Crippen LogP contribution < -0.4 is 47.9 Å². The van der Waals surface area contributed by atoms with Crippen molar-refractivity contribution >= 4 is 420 Å². The molecule has 1 aromatic carbocycles. The number of carbonyl (C=O) groups is 6. The highest BCUT2D eigenvalue weighted by atomic mass is 33.5. The summed E-state index contributed by atoms with van der Waals surface area (Å²) in [6, 6.07) is 2.37. The Morgan fingerprint density at radius 1 is 0.710 bits per heavy atom. The predicted octanol–water partition coefficient (Wildman–Crippen LogP) is 2.72. The quantitative estimate of drug-likeness (QED) is 0.00681. The van der Waals surface area contributed by atoms with E-state index in [-0.39, 0.29) is 93.9 Å². The van der Waals surface area contributed by atoms with E-state index in [9.17, 15) is 54.3 Å². The van der Waals surface area contributed by atoms with E-state index in [0.29, 0.717) is 36.3 Å². The van der Waals surface area contributed by atoms with Gasteiger partial charge in [-0.3, -0.25) is 29.3 Å². The number of Topliss-reactive ketones (excluding diaryl/α,β-unsaturated/α-hetero) is 1. The molecule has 0 radical (unpaired) electrons. The first-order valence-electron chi connectivity index (χ1n) is 35.5. The van der Waals surface area contributed by atoms with E-state index in [1.807, 2.05) is 26.0 Å². The molecule has 1 saturated heterocycles. The van der Waals surface area contributed by atoms with E-state index in [1.54, 1.807) is 196 Å². The molecule has 8 unspecified atom stereocenters. The van der Waals surface area contributed by atoms with Gasteiger partial charge in [0.2, 0.25) is 23.6 Å². The topological polar surface area (TPSA) is 518 Å². The number of carboxylic acid groups (broad SMARTS) is 1. The average molecular weight is 2570 g/mol. The number of benzene rings is 1. The number of nitrogens with two attached hydrogens (primary N) is 1. The summed E-state index contributed by atoms with van der Waals surface area (Å²) in [5, 5.41) is 141. The van der Waals surface area contributed by atoms with Crippen molar-refractivity contribution in [2.75, 3.05) is 43.2 Å². The number of aromatic hydroxyl groups is 1. The maximum Gasteiger partial charge on any atom is 0.326 e.